The van der Waals surface area contributed by atoms with E-state index in [4.69, 9.17) is 0 Å². The molecule has 0 aliphatic heterocycles. The Kier molecular flexibility index (Phi) is 6.83. The molecule has 0 heterocycles. The lowest BCUT2D eigenvalue weighted by atomic mass is 10.3. The van der Waals surface area contributed by atoms with Gasteiger partial charge in [-0.2, -0.15) is 0 Å². The summed E-state index contributed by atoms with van der Waals surface area (Å²) in [5.74, 6) is 0. The van der Waals surface area contributed by atoms with Crippen LogP contribution in [0.15, 0.2) is 0 Å². The standard InChI is InChI=1S/C5H15Si2/c1-2-3-4-5-7-6/h7H,2-5H2,1,6H3. The molecule has 0 atom stereocenters. The van der Waals surface area contributed by atoms with Gasteiger partial charge >= 0.3 is 0 Å². The summed E-state index contributed by atoms with van der Waals surface area (Å²) in [6.45, 7) is 2.27. The molecule has 0 N–H and O–H groups in total. The van der Waals surface area contributed by atoms with Crippen LogP contribution in [0.5, 0.6) is 0 Å². The van der Waals surface area contributed by atoms with E-state index in [1.165, 1.54) is 29.0 Å². The molecule has 0 bridgehead atoms. The van der Waals surface area contributed by atoms with Gasteiger partial charge < -0.3 is 0 Å². The number of hydrogen-bond donors (Lipinski definition) is 0. The first-order valence-electron chi connectivity index (χ1n) is 3.19. The van der Waals surface area contributed by atoms with Crippen LogP contribution in [0.2, 0.25) is 6.04 Å². The Hall–Kier alpha value is 0.434. The minimum Gasteiger partial charge on any atom is -0.0654 e. The molecular weight excluding hydrogens is 116 g/mol. The minimum absolute atomic E-state index is 0.920. The van der Waals surface area contributed by atoms with E-state index < -0.39 is 0 Å². The van der Waals surface area contributed by atoms with E-state index in [0.29, 0.717) is 0 Å². The van der Waals surface area contributed by atoms with Gasteiger partial charge in [-0.05, 0) is 9.76 Å². The molecule has 0 saturated carbocycles. The van der Waals surface area contributed by atoms with Crippen molar-refractivity contribution in [3.8, 4) is 0 Å². The summed E-state index contributed by atoms with van der Waals surface area (Å²) in [5.41, 5.74) is 0. The number of hydrogen-bond acceptors (Lipinski definition) is 0. The van der Waals surface area contributed by atoms with Gasteiger partial charge in [-0.15, -0.1) is 0 Å². The average molecular weight is 131 g/mol. The van der Waals surface area contributed by atoms with Crippen molar-refractivity contribution in [2.75, 3.05) is 0 Å². The highest BCUT2D eigenvalue weighted by Gasteiger charge is 1.80. The predicted octanol–water partition coefficient (Wildman–Crippen LogP) is 0.312. The summed E-state index contributed by atoms with van der Waals surface area (Å²) in [5, 5.41) is 0. The second-order valence-corrected chi connectivity index (χ2v) is 5.75. The van der Waals surface area contributed by atoms with Crippen LogP contribution in [-0.4, -0.2) is 18.8 Å². The molecule has 0 aliphatic rings. The van der Waals surface area contributed by atoms with Gasteiger partial charge in [-0.25, -0.2) is 0 Å². The molecule has 2 heteroatoms. The second-order valence-electron chi connectivity index (χ2n) is 1.90. The van der Waals surface area contributed by atoms with Crippen LogP contribution in [0.3, 0.4) is 0 Å². The third kappa shape index (κ3) is 6.43. The SMILES string of the molecule is CCCCC[SiH][SiH3]. The molecule has 0 nitrogen and oxygen atoms in total. The van der Waals surface area contributed by atoms with E-state index in [-0.39, 0.29) is 0 Å². The Morgan fingerprint density at radius 3 is 2.57 bits per heavy atom. The Bertz CT molecular complexity index is 25.3. The smallest absolute Gasteiger partial charge is 0.00943 e. The van der Waals surface area contributed by atoms with Crippen molar-refractivity contribution in [3.05, 3.63) is 0 Å². The highest BCUT2D eigenvalue weighted by molar-refractivity contribution is 6.89. The molecule has 43 valence electrons. The van der Waals surface area contributed by atoms with Crippen molar-refractivity contribution in [3.63, 3.8) is 0 Å². The van der Waals surface area contributed by atoms with Gasteiger partial charge in [0.2, 0.25) is 0 Å². The van der Waals surface area contributed by atoms with Crippen molar-refractivity contribution in [1.29, 1.82) is 0 Å². The van der Waals surface area contributed by atoms with Crippen molar-refractivity contribution >= 4 is 18.8 Å². The number of unbranched alkanes of at least 4 members (excludes halogenated alkanes) is 2. The summed E-state index contributed by atoms with van der Waals surface area (Å²) in [4.78, 5) is 0. The van der Waals surface area contributed by atoms with Gasteiger partial charge in [0.1, 0.15) is 0 Å². The molecule has 0 amide bonds. The normalized spacial score (nSPS) is 9.86. The average Bonchev–Trinajstić information content (AvgIpc) is 1.69. The fourth-order valence-corrected chi connectivity index (χ4v) is 2.52. The molecule has 0 aromatic heterocycles. The van der Waals surface area contributed by atoms with Crippen molar-refractivity contribution in [1.82, 2.24) is 0 Å². The van der Waals surface area contributed by atoms with Gasteiger partial charge in [0.15, 0.2) is 0 Å². The van der Waals surface area contributed by atoms with Gasteiger partial charge in [-0.3, -0.25) is 0 Å². The largest absolute Gasteiger partial charge is 0.0654 e. The maximum Gasteiger partial charge on any atom is 0.00943 e. The zero-order valence-electron chi connectivity index (χ0n) is 5.41. The first kappa shape index (κ1) is 7.43. The molecule has 0 fully saturated rings. The lowest BCUT2D eigenvalue weighted by Gasteiger charge is -1.90. The monoisotopic (exact) mass is 131 g/mol. The van der Waals surface area contributed by atoms with Crippen LogP contribution in [0.1, 0.15) is 26.2 Å². The van der Waals surface area contributed by atoms with Crippen LogP contribution in [0.4, 0.5) is 0 Å². The summed E-state index contributed by atoms with van der Waals surface area (Å²) in [6, 6.07) is 1.57. The topological polar surface area (TPSA) is 0 Å². The van der Waals surface area contributed by atoms with E-state index in [2.05, 4.69) is 6.92 Å². The Balaban J connectivity index is 2.45. The van der Waals surface area contributed by atoms with Crippen LogP contribution in [0, 0.1) is 0 Å². The molecule has 0 saturated heterocycles. The maximum atomic E-state index is 2.27. The highest BCUT2D eigenvalue weighted by Crippen LogP contribution is 1.96. The minimum atomic E-state index is 0.920. The Morgan fingerprint density at radius 1 is 1.43 bits per heavy atom. The Morgan fingerprint density at radius 2 is 2.14 bits per heavy atom. The summed E-state index contributed by atoms with van der Waals surface area (Å²) < 4.78 is 0. The summed E-state index contributed by atoms with van der Waals surface area (Å²) in [6.07, 6.45) is 4.37. The maximum absolute atomic E-state index is 2.27. The zero-order chi connectivity index (χ0) is 5.54. The van der Waals surface area contributed by atoms with E-state index in [1.807, 2.05) is 0 Å². The third-order valence-electron chi connectivity index (χ3n) is 1.10. The van der Waals surface area contributed by atoms with Gasteiger partial charge in [0.25, 0.3) is 0 Å². The molecular formula is C5H15Si2. The summed E-state index contributed by atoms with van der Waals surface area (Å²) in [7, 11) is 2.41. The molecule has 7 heavy (non-hydrogen) atoms. The van der Waals surface area contributed by atoms with E-state index >= 15 is 0 Å². The molecule has 0 aromatic rings. The van der Waals surface area contributed by atoms with E-state index in [1.54, 1.807) is 6.04 Å². The van der Waals surface area contributed by atoms with Gasteiger partial charge in [0.05, 0.1) is 0 Å². The van der Waals surface area contributed by atoms with Crippen LogP contribution < -0.4 is 0 Å². The van der Waals surface area contributed by atoms with Crippen LogP contribution in [-0.2, 0) is 0 Å². The van der Waals surface area contributed by atoms with Gasteiger partial charge in [-0.1, -0.05) is 32.2 Å². The lowest BCUT2D eigenvalue weighted by Crippen LogP contribution is -1.85. The highest BCUT2D eigenvalue weighted by atomic mass is 29.1. The molecule has 0 aliphatic carbocycles. The summed E-state index contributed by atoms with van der Waals surface area (Å²) >= 11 is 0. The van der Waals surface area contributed by atoms with Crippen molar-refractivity contribution in [2.24, 2.45) is 0 Å². The molecule has 0 aromatic carbocycles. The molecule has 0 spiro atoms. The van der Waals surface area contributed by atoms with Gasteiger partial charge in [0, 0.05) is 9.04 Å². The predicted molar refractivity (Wildman–Crippen MR) is 41.4 cm³/mol. The fourth-order valence-electron chi connectivity index (χ4n) is 0.598. The first-order valence-corrected chi connectivity index (χ1v) is 8.63. The van der Waals surface area contributed by atoms with Crippen LogP contribution >= 0.6 is 0 Å². The fraction of sp³-hybridized carbons (Fsp3) is 1.00. The van der Waals surface area contributed by atoms with Crippen molar-refractivity contribution < 1.29 is 0 Å². The van der Waals surface area contributed by atoms with E-state index in [9.17, 15) is 0 Å². The quantitative estimate of drug-likeness (QED) is 0.381. The zero-order valence-corrected chi connectivity index (χ0v) is 8.56. The third-order valence-corrected chi connectivity index (χ3v) is 3.81. The second kappa shape index (κ2) is 6.43. The Labute approximate surface area is 51.7 Å². The molecule has 0 rings (SSSR count). The van der Waals surface area contributed by atoms with E-state index in [0.717, 1.165) is 9.04 Å². The van der Waals surface area contributed by atoms with Crippen LogP contribution in [0.25, 0.3) is 0 Å². The number of rotatable bonds is 4. The molecule has 1 radical (unpaired) electrons. The van der Waals surface area contributed by atoms with Crippen molar-refractivity contribution in [2.45, 2.75) is 32.2 Å². The first-order chi connectivity index (χ1) is 3.41. The lowest BCUT2D eigenvalue weighted by molar-refractivity contribution is 0.770. The molecule has 0 unspecified atom stereocenters.